The smallest absolute Gasteiger partial charge is 0.416 e. The minimum absolute atomic E-state index is 0.0721. The number of esters is 1. The van der Waals surface area contributed by atoms with Gasteiger partial charge in [0.05, 0.1) is 35.5 Å². The first kappa shape index (κ1) is 23.1. The van der Waals surface area contributed by atoms with Crippen molar-refractivity contribution in [3.63, 3.8) is 0 Å². The second-order valence-electron chi connectivity index (χ2n) is 6.69. The van der Waals surface area contributed by atoms with Crippen LogP contribution in [-0.2, 0) is 17.5 Å². The third-order valence-corrected chi connectivity index (χ3v) is 4.72. The minimum atomic E-state index is -4.48. The van der Waals surface area contributed by atoms with E-state index in [2.05, 4.69) is 10.1 Å². The molecule has 6 nitrogen and oxygen atoms in total. The molecule has 0 spiro atoms. The average Bonchev–Trinajstić information content (AvgIpc) is 2.75. The molecule has 10 heteroatoms. The SMILES string of the molecule is COC(=O)c1ccccc1NC(=O)c1cc(Cl)cn(Cc2ccc(C(F)(F)F)cc2)c1=O. The van der Waals surface area contributed by atoms with Gasteiger partial charge in [0, 0.05) is 6.20 Å². The van der Waals surface area contributed by atoms with Crippen molar-refractivity contribution in [2.45, 2.75) is 12.7 Å². The molecule has 0 atom stereocenters. The van der Waals surface area contributed by atoms with E-state index in [0.717, 1.165) is 16.7 Å². The Balaban J connectivity index is 1.89. The topological polar surface area (TPSA) is 77.4 Å². The Morgan fingerprint density at radius 3 is 2.34 bits per heavy atom. The number of alkyl halides is 3. The van der Waals surface area contributed by atoms with E-state index in [0.29, 0.717) is 5.56 Å². The Morgan fingerprint density at radius 2 is 1.72 bits per heavy atom. The molecule has 0 aliphatic heterocycles. The number of nitrogens with one attached hydrogen (secondary N) is 1. The van der Waals surface area contributed by atoms with E-state index in [4.69, 9.17) is 11.6 Å². The Hall–Kier alpha value is -3.59. The van der Waals surface area contributed by atoms with Gasteiger partial charge < -0.3 is 14.6 Å². The van der Waals surface area contributed by atoms with Crippen molar-refractivity contribution in [1.29, 1.82) is 0 Å². The minimum Gasteiger partial charge on any atom is -0.465 e. The van der Waals surface area contributed by atoms with Crippen LogP contribution in [0.4, 0.5) is 18.9 Å². The first-order chi connectivity index (χ1) is 15.1. The summed E-state index contributed by atoms with van der Waals surface area (Å²) in [5, 5.41) is 2.56. The summed E-state index contributed by atoms with van der Waals surface area (Å²) in [6, 6.07) is 11.5. The molecule has 0 fully saturated rings. The van der Waals surface area contributed by atoms with E-state index in [1.165, 1.54) is 43.6 Å². The van der Waals surface area contributed by atoms with Crippen molar-refractivity contribution >= 4 is 29.2 Å². The number of anilines is 1. The number of para-hydroxylation sites is 1. The van der Waals surface area contributed by atoms with Crippen LogP contribution in [0.5, 0.6) is 0 Å². The van der Waals surface area contributed by atoms with Crippen LogP contribution >= 0.6 is 11.6 Å². The van der Waals surface area contributed by atoms with Gasteiger partial charge in [-0.1, -0.05) is 35.9 Å². The number of ether oxygens (including phenoxy) is 1. The van der Waals surface area contributed by atoms with Gasteiger partial charge in [-0.25, -0.2) is 4.79 Å². The zero-order valence-electron chi connectivity index (χ0n) is 16.6. The van der Waals surface area contributed by atoms with E-state index in [9.17, 15) is 27.6 Å². The first-order valence-corrected chi connectivity index (χ1v) is 9.52. The van der Waals surface area contributed by atoms with Gasteiger partial charge in [0.2, 0.25) is 0 Å². The van der Waals surface area contributed by atoms with Crippen LogP contribution in [0.15, 0.2) is 65.6 Å². The molecular formula is C22H16ClF3N2O4. The van der Waals surface area contributed by atoms with Crippen molar-refractivity contribution in [3.8, 4) is 0 Å². The molecule has 0 saturated heterocycles. The molecule has 1 N–H and O–H groups in total. The van der Waals surface area contributed by atoms with Crippen molar-refractivity contribution in [3.05, 3.63) is 98.4 Å². The lowest BCUT2D eigenvalue weighted by atomic mass is 10.1. The quantitative estimate of drug-likeness (QED) is 0.559. The number of amides is 1. The molecule has 0 aliphatic carbocycles. The molecule has 1 aromatic heterocycles. The van der Waals surface area contributed by atoms with Gasteiger partial charge in [-0.15, -0.1) is 0 Å². The van der Waals surface area contributed by atoms with E-state index < -0.39 is 29.2 Å². The molecule has 1 heterocycles. The summed E-state index contributed by atoms with van der Waals surface area (Å²) in [5.41, 5.74) is -1.19. The highest BCUT2D eigenvalue weighted by Crippen LogP contribution is 2.29. The molecule has 166 valence electrons. The number of aromatic nitrogens is 1. The van der Waals surface area contributed by atoms with E-state index in [1.54, 1.807) is 12.1 Å². The number of hydrogen-bond donors (Lipinski definition) is 1. The van der Waals surface area contributed by atoms with E-state index >= 15 is 0 Å². The van der Waals surface area contributed by atoms with Crippen LogP contribution in [0.1, 0.15) is 31.8 Å². The molecule has 32 heavy (non-hydrogen) atoms. The molecule has 0 unspecified atom stereocenters. The normalized spacial score (nSPS) is 11.2. The van der Waals surface area contributed by atoms with Gasteiger partial charge in [-0.2, -0.15) is 13.2 Å². The van der Waals surface area contributed by atoms with Gasteiger partial charge in [0.1, 0.15) is 5.56 Å². The Kier molecular flexibility index (Phi) is 6.69. The number of pyridine rings is 1. The first-order valence-electron chi connectivity index (χ1n) is 9.15. The number of carbonyl (C=O) groups is 2. The average molecular weight is 465 g/mol. The number of hydrogen-bond acceptors (Lipinski definition) is 4. The molecule has 3 aromatic rings. The van der Waals surface area contributed by atoms with Crippen molar-refractivity contribution in [2.75, 3.05) is 12.4 Å². The standard InChI is InChI=1S/C22H16ClF3N2O4/c1-32-21(31)16-4-2-3-5-18(16)27-19(29)17-10-15(23)12-28(20(17)30)11-13-6-8-14(9-7-13)22(24,25)26/h2-10,12H,11H2,1H3,(H,27,29). The molecule has 0 radical (unpaired) electrons. The van der Waals surface area contributed by atoms with E-state index in [1.807, 2.05) is 0 Å². The third kappa shape index (κ3) is 5.17. The molecule has 0 aliphatic rings. The number of methoxy groups -OCH3 is 1. The summed E-state index contributed by atoms with van der Waals surface area (Å²) in [6.07, 6.45) is -3.20. The Morgan fingerprint density at radius 1 is 1.06 bits per heavy atom. The fourth-order valence-corrected chi connectivity index (χ4v) is 3.17. The summed E-state index contributed by atoms with van der Waals surface area (Å²) in [7, 11) is 1.19. The maximum absolute atomic E-state index is 12.8. The number of benzene rings is 2. The fraction of sp³-hybridized carbons (Fsp3) is 0.136. The van der Waals surface area contributed by atoms with Gasteiger partial charge in [0.25, 0.3) is 11.5 Å². The summed E-state index contributed by atoms with van der Waals surface area (Å²) in [5.74, 6) is -1.48. The van der Waals surface area contributed by atoms with Gasteiger partial charge in [0.15, 0.2) is 0 Å². The van der Waals surface area contributed by atoms with Crippen LogP contribution in [-0.4, -0.2) is 23.6 Å². The van der Waals surface area contributed by atoms with Crippen LogP contribution in [0.2, 0.25) is 5.02 Å². The molecular weight excluding hydrogens is 449 g/mol. The molecule has 0 bridgehead atoms. The second kappa shape index (κ2) is 9.27. The largest absolute Gasteiger partial charge is 0.465 e. The van der Waals surface area contributed by atoms with Gasteiger partial charge in [-0.3, -0.25) is 9.59 Å². The maximum Gasteiger partial charge on any atom is 0.416 e. The van der Waals surface area contributed by atoms with Crippen molar-refractivity contribution < 1.29 is 27.5 Å². The number of rotatable bonds is 5. The molecule has 3 rings (SSSR count). The lowest BCUT2D eigenvalue weighted by Gasteiger charge is -2.12. The predicted molar refractivity (Wildman–Crippen MR) is 112 cm³/mol. The van der Waals surface area contributed by atoms with Crippen molar-refractivity contribution in [1.82, 2.24) is 4.57 Å². The molecule has 0 saturated carbocycles. The van der Waals surface area contributed by atoms with Crippen LogP contribution in [0.3, 0.4) is 0 Å². The monoisotopic (exact) mass is 464 g/mol. The molecule has 2 aromatic carbocycles. The number of nitrogens with zero attached hydrogens (tertiary/aromatic N) is 1. The molecule has 1 amide bonds. The Bertz CT molecular complexity index is 1220. The number of carbonyl (C=O) groups excluding carboxylic acids is 2. The van der Waals surface area contributed by atoms with Gasteiger partial charge >= 0.3 is 12.1 Å². The lowest BCUT2D eigenvalue weighted by Crippen LogP contribution is -2.29. The fourth-order valence-electron chi connectivity index (χ4n) is 2.94. The highest BCUT2D eigenvalue weighted by molar-refractivity contribution is 6.31. The second-order valence-corrected chi connectivity index (χ2v) is 7.13. The van der Waals surface area contributed by atoms with E-state index in [-0.39, 0.29) is 28.4 Å². The zero-order valence-corrected chi connectivity index (χ0v) is 17.3. The summed E-state index contributed by atoms with van der Waals surface area (Å²) in [4.78, 5) is 37.5. The highest BCUT2D eigenvalue weighted by atomic mass is 35.5. The lowest BCUT2D eigenvalue weighted by molar-refractivity contribution is -0.137. The Labute approximate surface area is 185 Å². The summed E-state index contributed by atoms with van der Waals surface area (Å²) >= 11 is 6.06. The van der Waals surface area contributed by atoms with Gasteiger partial charge in [-0.05, 0) is 35.9 Å². The highest BCUT2D eigenvalue weighted by Gasteiger charge is 2.30. The summed E-state index contributed by atoms with van der Waals surface area (Å²) in [6.45, 7) is -0.101. The predicted octanol–water partition coefficient (Wildman–Crippen LogP) is 4.61. The van der Waals surface area contributed by atoms with Crippen molar-refractivity contribution in [2.24, 2.45) is 0 Å². The third-order valence-electron chi connectivity index (χ3n) is 4.51. The summed E-state index contributed by atoms with van der Waals surface area (Å²) < 4.78 is 44.0. The number of halogens is 4. The maximum atomic E-state index is 12.8. The van der Waals surface area contributed by atoms with Crippen LogP contribution < -0.4 is 10.9 Å². The van der Waals surface area contributed by atoms with Crippen LogP contribution in [0, 0.1) is 0 Å². The van der Waals surface area contributed by atoms with Crippen LogP contribution in [0.25, 0.3) is 0 Å². The zero-order chi connectivity index (χ0) is 23.5.